The molecule has 1 aromatic rings. The molecule has 2 unspecified atom stereocenters. The van der Waals surface area contributed by atoms with Crippen molar-refractivity contribution in [2.75, 3.05) is 18.9 Å². The van der Waals surface area contributed by atoms with Crippen molar-refractivity contribution in [3.8, 4) is 6.07 Å². The molecule has 2 aliphatic heterocycles. The van der Waals surface area contributed by atoms with Crippen molar-refractivity contribution in [3.63, 3.8) is 0 Å². The molecule has 1 fully saturated rings. The highest BCUT2D eigenvalue weighted by Gasteiger charge is 2.57. The Hall–Kier alpha value is -3.63. The van der Waals surface area contributed by atoms with Gasteiger partial charge in [0.1, 0.15) is 23.9 Å². The van der Waals surface area contributed by atoms with Crippen LogP contribution in [0.1, 0.15) is 33.6 Å². The zero-order valence-electron chi connectivity index (χ0n) is 19.6. The molecule has 14 heteroatoms. The van der Waals surface area contributed by atoms with Crippen LogP contribution in [0.15, 0.2) is 12.3 Å². The largest absolute Gasteiger partial charge is 0.471 e. The number of rotatable bonds is 6. The molecule has 1 aromatic heterocycles. The molecule has 2 aliphatic rings. The third-order valence-electron chi connectivity index (χ3n) is 6.25. The Balaban J connectivity index is 1.86. The van der Waals surface area contributed by atoms with Gasteiger partial charge in [-0.05, 0) is 19.3 Å². The monoisotopic (exact) mass is 497 g/mol. The number of hydrogen-bond acceptors (Lipinski definition) is 6. The predicted molar refractivity (Wildman–Crippen MR) is 114 cm³/mol. The third-order valence-corrected chi connectivity index (χ3v) is 6.25. The number of anilines is 1. The van der Waals surface area contributed by atoms with Crippen molar-refractivity contribution in [2.45, 2.75) is 63.5 Å². The lowest BCUT2D eigenvalue weighted by molar-refractivity contribution is -0.175. The van der Waals surface area contributed by atoms with Gasteiger partial charge >= 0.3 is 12.1 Å². The van der Waals surface area contributed by atoms with E-state index in [2.05, 4.69) is 10.4 Å². The molecule has 35 heavy (non-hydrogen) atoms. The van der Waals surface area contributed by atoms with Crippen LogP contribution in [0, 0.1) is 17.2 Å². The van der Waals surface area contributed by atoms with Gasteiger partial charge in [0.05, 0.1) is 18.8 Å². The number of hydrogen-bond donors (Lipinski definition) is 2. The molecule has 0 bridgehead atoms. The molecule has 3 rings (SSSR count). The van der Waals surface area contributed by atoms with E-state index in [1.54, 1.807) is 25.2 Å². The number of halogens is 3. The normalized spacial score (nSPS) is 23.0. The van der Waals surface area contributed by atoms with E-state index in [9.17, 15) is 37.6 Å². The van der Waals surface area contributed by atoms with E-state index < -0.39 is 53.5 Å². The minimum absolute atomic E-state index is 0.0140. The fourth-order valence-electron chi connectivity index (χ4n) is 4.48. The highest BCUT2D eigenvalue weighted by molar-refractivity contribution is 6.01. The number of nitrogens with one attached hydrogen (secondary N) is 2. The van der Waals surface area contributed by atoms with E-state index in [1.807, 2.05) is 6.07 Å². The fourth-order valence-corrected chi connectivity index (χ4v) is 4.48. The van der Waals surface area contributed by atoms with Gasteiger partial charge in [0.2, 0.25) is 11.8 Å². The summed E-state index contributed by atoms with van der Waals surface area (Å²) in [6.45, 7) is 4.51. The molecule has 4 amide bonds. The van der Waals surface area contributed by atoms with Crippen molar-refractivity contribution >= 4 is 29.4 Å². The predicted octanol–water partition coefficient (Wildman–Crippen LogP) is 0.595. The standard InChI is InChI=1S/C21H26F3N7O4/c1-11(2)7-14(29(4)16(32)12(3)27-19(35)21(22,23)24)17(33)30-10-20(8-13(30)9-25)18(34)28-15-5-6-26-31(15)20/h5-6,11-14H,7-8,10H2,1-4H3,(H,27,35)(H,28,34)/t12?,13-,14-,20?/m0/s1. The number of aromatic nitrogens is 2. The van der Waals surface area contributed by atoms with Crippen LogP contribution in [-0.2, 0) is 24.7 Å². The Morgan fingerprint density at radius 3 is 2.60 bits per heavy atom. The number of likely N-dealkylation sites (N-methyl/N-ethyl adjacent to an activating group) is 1. The first-order valence-electron chi connectivity index (χ1n) is 10.9. The van der Waals surface area contributed by atoms with E-state index in [0.29, 0.717) is 5.82 Å². The Morgan fingerprint density at radius 1 is 1.37 bits per heavy atom. The van der Waals surface area contributed by atoms with Gasteiger partial charge in [0.15, 0.2) is 5.54 Å². The second-order valence-electron chi connectivity index (χ2n) is 9.22. The minimum Gasteiger partial charge on any atom is -0.337 e. The number of likely N-dealkylation sites (tertiary alicyclic amines) is 1. The molecule has 190 valence electrons. The summed E-state index contributed by atoms with van der Waals surface area (Å²) in [7, 11) is 1.25. The second-order valence-corrected chi connectivity index (χ2v) is 9.22. The quantitative estimate of drug-likeness (QED) is 0.590. The maximum atomic E-state index is 13.6. The summed E-state index contributed by atoms with van der Waals surface area (Å²) in [5.74, 6) is -3.89. The number of fused-ring (bicyclic) bond motifs is 2. The average Bonchev–Trinajstić information content (AvgIpc) is 3.45. The first-order chi connectivity index (χ1) is 16.2. The van der Waals surface area contributed by atoms with E-state index in [4.69, 9.17) is 0 Å². The van der Waals surface area contributed by atoms with E-state index in [1.165, 1.54) is 22.8 Å². The SMILES string of the molecule is CC(C)C[C@@H](C(=O)N1CC2(C[C@H]1C#N)C(=O)Nc1ccnn12)N(C)C(=O)C(C)NC(=O)C(F)(F)F. The summed E-state index contributed by atoms with van der Waals surface area (Å²) in [5.41, 5.74) is -1.28. The fraction of sp³-hybridized carbons (Fsp3) is 0.619. The van der Waals surface area contributed by atoms with Crippen LogP contribution < -0.4 is 10.6 Å². The van der Waals surface area contributed by atoms with Gasteiger partial charge in [-0.2, -0.15) is 23.5 Å². The first-order valence-corrected chi connectivity index (χ1v) is 10.9. The zero-order chi connectivity index (χ0) is 26.3. The third kappa shape index (κ3) is 4.67. The van der Waals surface area contributed by atoms with Crippen molar-refractivity contribution in [1.29, 1.82) is 5.26 Å². The summed E-state index contributed by atoms with van der Waals surface area (Å²) in [4.78, 5) is 52.8. The summed E-state index contributed by atoms with van der Waals surface area (Å²) in [6.07, 6.45) is -3.56. The molecule has 0 aliphatic carbocycles. The number of alkyl halides is 3. The van der Waals surface area contributed by atoms with Gasteiger partial charge in [-0.3, -0.25) is 19.2 Å². The Kier molecular flexibility index (Phi) is 6.83. The van der Waals surface area contributed by atoms with Crippen molar-refractivity contribution in [1.82, 2.24) is 24.9 Å². The molecule has 2 N–H and O–H groups in total. The molecule has 4 atom stereocenters. The lowest BCUT2D eigenvalue weighted by atomic mass is 9.96. The van der Waals surface area contributed by atoms with Gasteiger partial charge in [0, 0.05) is 19.5 Å². The number of carbonyl (C=O) groups excluding carboxylic acids is 4. The van der Waals surface area contributed by atoms with Crippen LogP contribution >= 0.6 is 0 Å². The maximum Gasteiger partial charge on any atom is 0.471 e. The number of nitrogens with zero attached hydrogens (tertiary/aromatic N) is 5. The van der Waals surface area contributed by atoms with E-state index in [-0.39, 0.29) is 25.3 Å². The second kappa shape index (κ2) is 9.20. The lowest BCUT2D eigenvalue weighted by Crippen LogP contribution is -2.56. The van der Waals surface area contributed by atoms with Gasteiger partial charge in [-0.15, -0.1) is 0 Å². The summed E-state index contributed by atoms with van der Waals surface area (Å²) in [6, 6.07) is -0.0736. The van der Waals surface area contributed by atoms with E-state index >= 15 is 0 Å². The molecule has 1 spiro atoms. The topological polar surface area (TPSA) is 140 Å². The minimum atomic E-state index is -5.17. The molecule has 11 nitrogen and oxygen atoms in total. The van der Waals surface area contributed by atoms with Crippen molar-refractivity contribution in [2.24, 2.45) is 5.92 Å². The average molecular weight is 497 g/mol. The van der Waals surface area contributed by atoms with Crippen LogP contribution in [0.2, 0.25) is 0 Å². The van der Waals surface area contributed by atoms with Gasteiger partial charge in [0.25, 0.3) is 5.91 Å². The van der Waals surface area contributed by atoms with Crippen molar-refractivity contribution in [3.05, 3.63) is 12.3 Å². The molecule has 0 saturated carbocycles. The highest BCUT2D eigenvalue weighted by atomic mass is 19.4. The van der Waals surface area contributed by atoms with Crippen LogP contribution in [0.4, 0.5) is 19.0 Å². The zero-order valence-corrected chi connectivity index (χ0v) is 19.6. The lowest BCUT2D eigenvalue weighted by Gasteiger charge is -2.34. The van der Waals surface area contributed by atoms with Crippen molar-refractivity contribution < 1.29 is 32.3 Å². The Bertz CT molecular complexity index is 1080. The molecule has 1 saturated heterocycles. The van der Waals surface area contributed by atoms with Gasteiger partial charge in [-0.25, -0.2) is 4.68 Å². The molecule has 3 heterocycles. The molecule has 0 aromatic carbocycles. The first kappa shape index (κ1) is 26.0. The van der Waals surface area contributed by atoms with Gasteiger partial charge < -0.3 is 20.4 Å². The Labute approximate surface area is 199 Å². The van der Waals surface area contributed by atoms with Crippen LogP contribution in [0.25, 0.3) is 0 Å². The highest BCUT2D eigenvalue weighted by Crippen LogP contribution is 2.40. The van der Waals surface area contributed by atoms with E-state index in [0.717, 1.165) is 11.8 Å². The smallest absolute Gasteiger partial charge is 0.337 e. The molecular weight excluding hydrogens is 471 g/mol. The number of nitriles is 1. The Morgan fingerprint density at radius 2 is 2.03 bits per heavy atom. The summed E-state index contributed by atoms with van der Waals surface area (Å²) < 4.78 is 39.3. The summed E-state index contributed by atoms with van der Waals surface area (Å²) in [5, 5.41) is 18.2. The van der Waals surface area contributed by atoms with Crippen LogP contribution in [0.5, 0.6) is 0 Å². The van der Waals surface area contributed by atoms with Crippen LogP contribution in [0.3, 0.4) is 0 Å². The number of amides is 4. The molecular formula is C21H26F3N7O4. The molecule has 0 radical (unpaired) electrons. The summed E-state index contributed by atoms with van der Waals surface area (Å²) >= 11 is 0. The number of carbonyl (C=O) groups is 4. The van der Waals surface area contributed by atoms with Gasteiger partial charge in [-0.1, -0.05) is 13.8 Å². The maximum absolute atomic E-state index is 13.6. The van der Waals surface area contributed by atoms with Crippen LogP contribution in [-0.4, -0.2) is 81.1 Å².